The van der Waals surface area contributed by atoms with E-state index in [-0.39, 0.29) is 5.91 Å². The van der Waals surface area contributed by atoms with Crippen molar-refractivity contribution in [1.82, 2.24) is 4.90 Å². The normalized spacial score (nSPS) is 9.73. The van der Waals surface area contributed by atoms with Gasteiger partial charge in [-0.1, -0.05) is 25.1 Å². The Hall–Kier alpha value is -1.64. The molecule has 0 aromatic heterocycles. The molecule has 1 rings (SSSR count). The van der Waals surface area contributed by atoms with Gasteiger partial charge in [0.15, 0.2) is 6.29 Å². The SMILES string of the molecule is CCCN(C)C(=O)c1ccccc1C=O. The van der Waals surface area contributed by atoms with Gasteiger partial charge in [-0.15, -0.1) is 0 Å². The standard InChI is InChI=1S/C12H15NO2/c1-3-8-13(2)12(15)11-7-5-4-6-10(11)9-14/h4-7,9H,3,8H2,1-2H3. The van der Waals surface area contributed by atoms with Crippen molar-refractivity contribution in [3.05, 3.63) is 35.4 Å². The Kier molecular flexibility index (Phi) is 4.03. The van der Waals surface area contributed by atoms with E-state index in [2.05, 4.69) is 0 Å². The van der Waals surface area contributed by atoms with Gasteiger partial charge in [0.1, 0.15) is 0 Å². The van der Waals surface area contributed by atoms with Crippen LogP contribution in [0.4, 0.5) is 0 Å². The molecule has 15 heavy (non-hydrogen) atoms. The monoisotopic (exact) mass is 205 g/mol. The number of benzene rings is 1. The second-order valence-electron chi connectivity index (χ2n) is 3.43. The fourth-order valence-electron chi connectivity index (χ4n) is 1.44. The van der Waals surface area contributed by atoms with E-state index in [1.54, 1.807) is 36.2 Å². The van der Waals surface area contributed by atoms with Gasteiger partial charge < -0.3 is 4.90 Å². The zero-order valence-electron chi connectivity index (χ0n) is 9.06. The fraction of sp³-hybridized carbons (Fsp3) is 0.333. The number of hydrogen-bond donors (Lipinski definition) is 0. The highest BCUT2D eigenvalue weighted by Gasteiger charge is 2.13. The van der Waals surface area contributed by atoms with Gasteiger partial charge in [0.25, 0.3) is 5.91 Å². The number of aldehydes is 1. The van der Waals surface area contributed by atoms with Crippen molar-refractivity contribution in [3.8, 4) is 0 Å². The lowest BCUT2D eigenvalue weighted by atomic mass is 10.1. The maximum Gasteiger partial charge on any atom is 0.254 e. The number of nitrogens with zero attached hydrogens (tertiary/aromatic N) is 1. The maximum absolute atomic E-state index is 11.9. The van der Waals surface area contributed by atoms with Crippen molar-refractivity contribution in [2.45, 2.75) is 13.3 Å². The van der Waals surface area contributed by atoms with Gasteiger partial charge in [0.2, 0.25) is 0 Å². The predicted octanol–water partition coefficient (Wildman–Crippen LogP) is 1.98. The first-order valence-electron chi connectivity index (χ1n) is 5.00. The second-order valence-corrected chi connectivity index (χ2v) is 3.43. The van der Waals surface area contributed by atoms with Crippen molar-refractivity contribution in [1.29, 1.82) is 0 Å². The van der Waals surface area contributed by atoms with Gasteiger partial charge in [-0.05, 0) is 12.5 Å². The first-order valence-corrected chi connectivity index (χ1v) is 5.00. The maximum atomic E-state index is 11.9. The van der Waals surface area contributed by atoms with Crippen LogP contribution in [0.5, 0.6) is 0 Å². The molecule has 0 saturated heterocycles. The van der Waals surface area contributed by atoms with Crippen LogP contribution in [0.1, 0.15) is 34.1 Å². The third kappa shape index (κ3) is 2.65. The lowest BCUT2D eigenvalue weighted by Crippen LogP contribution is -2.28. The first-order chi connectivity index (χ1) is 7.20. The number of amides is 1. The van der Waals surface area contributed by atoms with Gasteiger partial charge in [0, 0.05) is 19.2 Å². The Morgan fingerprint density at radius 2 is 2.07 bits per heavy atom. The minimum Gasteiger partial charge on any atom is -0.342 e. The van der Waals surface area contributed by atoms with E-state index in [0.29, 0.717) is 24.0 Å². The summed E-state index contributed by atoms with van der Waals surface area (Å²) in [6.45, 7) is 2.71. The molecule has 0 fully saturated rings. The van der Waals surface area contributed by atoms with Crippen molar-refractivity contribution < 1.29 is 9.59 Å². The molecule has 0 aliphatic rings. The van der Waals surface area contributed by atoms with Crippen LogP contribution >= 0.6 is 0 Å². The van der Waals surface area contributed by atoms with Crippen molar-refractivity contribution in [2.24, 2.45) is 0 Å². The van der Waals surface area contributed by atoms with E-state index in [4.69, 9.17) is 0 Å². The second kappa shape index (κ2) is 5.29. The lowest BCUT2D eigenvalue weighted by molar-refractivity contribution is 0.0792. The van der Waals surface area contributed by atoms with Crippen LogP contribution in [-0.2, 0) is 0 Å². The van der Waals surface area contributed by atoms with E-state index in [1.807, 2.05) is 6.92 Å². The fourth-order valence-corrected chi connectivity index (χ4v) is 1.44. The summed E-state index contributed by atoms with van der Waals surface area (Å²) in [5.74, 6) is -0.0976. The quantitative estimate of drug-likeness (QED) is 0.705. The summed E-state index contributed by atoms with van der Waals surface area (Å²) in [5.41, 5.74) is 0.925. The highest BCUT2D eigenvalue weighted by molar-refractivity contribution is 6.01. The number of rotatable bonds is 4. The topological polar surface area (TPSA) is 37.4 Å². The third-order valence-electron chi connectivity index (χ3n) is 2.22. The van der Waals surface area contributed by atoms with Gasteiger partial charge in [-0.25, -0.2) is 0 Å². The number of carbonyl (C=O) groups is 2. The molecule has 0 N–H and O–H groups in total. The van der Waals surface area contributed by atoms with Crippen molar-refractivity contribution in [3.63, 3.8) is 0 Å². The van der Waals surface area contributed by atoms with Crippen LogP contribution < -0.4 is 0 Å². The van der Waals surface area contributed by atoms with E-state index in [9.17, 15) is 9.59 Å². The van der Waals surface area contributed by atoms with Crippen LogP contribution in [-0.4, -0.2) is 30.7 Å². The molecule has 3 nitrogen and oxygen atoms in total. The first kappa shape index (κ1) is 11.4. The lowest BCUT2D eigenvalue weighted by Gasteiger charge is -2.16. The zero-order chi connectivity index (χ0) is 11.3. The summed E-state index contributed by atoms with van der Waals surface area (Å²) in [4.78, 5) is 24.3. The average Bonchev–Trinajstić information content (AvgIpc) is 2.28. The molecular formula is C12H15NO2. The van der Waals surface area contributed by atoms with Crippen LogP contribution in [0.2, 0.25) is 0 Å². The van der Waals surface area contributed by atoms with Crippen molar-refractivity contribution in [2.75, 3.05) is 13.6 Å². The molecule has 0 spiro atoms. The van der Waals surface area contributed by atoms with Crippen LogP contribution in [0.25, 0.3) is 0 Å². The van der Waals surface area contributed by atoms with Gasteiger partial charge in [-0.2, -0.15) is 0 Å². The average molecular weight is 205 g/mol. The van der Waals surface area contributed by atoms with Crippen LogP contribution in [0.3, 0.4) is 0 Å². The Labute approximate surface area is 89.7 Å². The molecule has 0 atom stereocenters. The highest BCUT2D eigenvalue weighted by Crippen LogP contribution is 2.09. The molecule has 0 saturated carbocycles. The minimum absolute atomic E-state index is 0.0976. The summed E-state index contributed by atoms with van der Waals surface area (Å²) >= 11 is 0. The van der Waals surface area contributed by atoms with E-state index in [0.717, 1.165) is 6.42 Å². The summed E-state index contributed by atoms with van der Waals surface area (Å²) in [7, 11) is 1.74. The number of carbonyl (C=O) groups excluding carboxylic acids is 2. The zero-order valence-corrected chi connectivity index (χ0v) is 9.06. The van der Waals surface area contributed by atoms with Gasteiger partial charge in [0.05, 0.1) is 5.56 Å². The molecule has 0 bridgehead atoms. The third-order valence-corrected chi connectivity index (χ3v) is 2.22. The summed E-state index contributed by atoms with van der Waals surface area (Å²) < 4.78 is 0. The summed E-state index contributed by atoms with van der Waals surface area (Å²) in [5, 5.41) is 0. The summed E-state index contributed by atoms with van der Waals surface area (Å²) in [6.07, 6.45) is 1.62. The van der Waals surface area contributed by atoms with Crippen LogP contribution in [0, 0.1) is 0 Å². The molecule has 80 valence electrons. The van der Waals surface area contributed by atoms with E-state index < -0.39 is 0 Å². The smallest absolute Gasteiger partial charge is 0.254 e. The molecule has 1 amide bonds. The molecule has 1 aromatic rings. The Morgan fingerprint density at radius 1 is 1.40 bits per heavy atom. The van der Waals surface area contributed by atoms with Gasteiger partial charge >= 0.3 is 0 Å². The van der Waals surface area contributed by atoms with Crippen LogP contribution in [0.15, 0.2) is 24.3 Å². The highest BCUT2D eigenvalue weighted by atomic mass is 16.2. The van der Waals surface area contributed by atoms with Gasteiger partial charge in [-0.3, -0.25) is 9.59 Å². The number of hydrogen-bond acceptors (Lipinski definition) is 2. The molecular weight excluding hydrogens is 190 g/mol. The predicted molar refractivity (Wildman–Crippen MR) is 59.1 cm³/mol. The summed E-state index contributed by atoms with van der Waals surface area (Å²) in [6, 6.07) is 6.85. The Balaban J connectivity index is 2.95. The minimum atomic E-state index is -0.0976. The Morgan fingerprint density at radius 3 is 2.67 bits per heavy atom. The van der Waals surface area contributed by atoms with E-state index >= 15 is 0 Å². The Bertz CT molecular complexity index is 360. The molecule has 0 heterocycles. The van der Waals surface area contributed by atoms with Crippen molar-refractivity contribution >= 4 is 12.2 Å². The largest absolute Gasteiger partial charge is 0.342 e. The molecule has 0 unspecified atom stereocenters. The van der Waals surface area contributed by atoms with E-state index in [1.165, 1.54) is 0 Å². The molecule has 1 aromatic carbocycles. The molecule has 3 heteroatoms. The molecule has 0 radical (unpaired) electrons. The molecule has 0 aliphatic heterocycles. The molecule has 0 aliphatic carbocycles.